The van der Waals surface area contributed by atoms with Gasteiger partial charge in [-0.05, 0) is 53.6 Å². The van der Waals surface area contributed by atoms with Crippen molar-refractivity contribution in [2.45, 2.75) is 0 Å². The molecule has 0 fully saturated rings. The van der Waals surface area contributed by atoms with Gasteiger partial charge in [0, 0.05) is 53.2 Å². The van der Waals surface area contributed by atoms with Crippen LogP contribution in [0.2, 0.25) is 0 Å². The van der Waals surface area contributed by atoms with Crippen LogP contribution in [0.25, 0.3) is 108 Å². The van der Waals surface area contributed by atoms with Gasteiger partial charge in [-0.15, -0.1) is 22.7 Å². The molecule has 5 nitrogen and oxygen atoms in total. The molecule has 0 atom stereocenters. The molecule has 0 amide bonds. The molecular weight excluding hydrogens is 689 g/mol. The molecule has 0 saturated heterocycles. The van der Waals surface area contributed by atoms with Gasteiger partial charge in [-0.2, -0.15) is 0 Å². The maximum atomic E-state index is 6.41. The average Bonchev–Trinajstić information content (AvgIpc) is 3.94. The zero-order chi connectivity index (χ0) is 34.9. The van der Waals surface area contributed by atoms with Crippen molar-refractivity contribution < 1.29 is 4.42 Å². The van der Waals surface area contributed by atoms with Crippen LogP contribution in [0.4, 0.5) is 0 Å². The fraction of sp³-hybridized carbons (Fsp3) is 0. The van der Waals surface area contributed by atoms with Crippen LogP contribution in [-0.4, -0.2) is 19.9 Å². The number of rotatable bonds is 5. The van der Waals surface area contributed by atoms with E-state index < -0.39 is 0 Å². The number of aromatic nitrogens is 4. The highest BCUT2D eigenvalue weighted by Gasteiger charge is 2.19. The summed E-state index contributed by atoms with van der Waals surface area (Å²) < 4.78 is 10.2. The number of thiazole rings is 1. The number of nitrogens with zero attached hydrogens (tertiary/aromatic N) is 4. The highest BCUT2D eigenvalue weighted by molar-refractivity contribution is 7.26. The van der Waals surface area contributed by atoms with E-state index in [0.717, 1.165) is 65.0 Å². The van der Waals surface area contributed by atoms with E-state index in [4.69, 9.17) is 24.4 Å². The van der Waals surface area contributed by atoms with Gasteiger partial charge in [-0.25, -0.2) is 19.9 Å². The third kappa shape index (κ3) is 5.04. The molecule has 7 heteroatoms. The first-order chi connectivity index (χ1) is 26.2. The lowest BCUT2D eigenvalue weighted by Gasteiger charge is -2.10. The summed E-state index contributed by atoms with van der Waals surface area (Å²) in [5.74, 6) is 1.82. The molecule has 248 valence electrons. The van der Waals surface area contributed by atoms with Gasteiger partial charge in [0.2, 0.25) is 0 Å². The van der Waals surface area contributed by atoms with Crippen molar-refractivity contribution in [1.29, 1.82) is 0 Å². The first-order valence-electron chi connectivity index (χ1n) is 17.4. The lowest BCUT2D eigenvalue weighted by Crippen LogP contribution is -2.00. The summed E-state index contributed by atoms with van der Waals surface area (Å²) in [7, 11) is 0. The Balaban J connectivity index is 1.06. The van der Waals surface area contributed by atoms with Gasteiger partial charge in [-0.1, -0.05) is 115 Å². The van der Waals surface area contributed by atoms with Gasteiger partial charge in [0.05, 0.1) is 10.2 Å². The van der Waals surface area contributed by atoms with E-state index in [-0.39, 0.29) is 0 Å². The normalized spacial score (nSPS) is 11.8. The molecule has 0 unspecified atom stereocenters. The molecule has 4 heterocycles. The number of furan rings is 1. The van der Waals surface area contributed by atoms with E-state index in [2.05, 4.69) is 103 Å². The molecule has 0 spiro atoms. The quantitative estimate of drug-likeness (QED) is 0.178. The van der Waals surface area contributed by atoms with Crippen LogP contribution in [0.1, 0.15) is 0 Å². The predicted molar refractivity (Wildman–Crippen MR) is 220 cm³/mol. The summed E-state index contributed by atoms with van der Waals surface area (Å²) in [6.45, 7) is 0. The maximum absolute atomic E-state index is 6.41. The second-order valence-electron chi connectivity index (χ2n) is 13.0. The van der Waals surface area contributed by atoms with Gasteiger partial charge in [-0.3, -0.25) is 0 Å². The molecule has 53 heavy (non-hydrogen) atoms. The van der Waals surface area contributed by atoms with Crippen LogP contribution < -0.4 is 0 Å². The molecule has 0 saturated carbocycles. The van der Waals surface area contributed by atoms with E-state index in [1.54, 1.807) is 11.3 Å². The third-order valence-corrected chi connectivity index (χ3v) is 12.1. The Morgan fingerprint density at radius 2 is 1.06 bits per heavy atom. The standard InChI is InChI=1S/C46H26N4OS2/c1-2-10-28(11-3-1)43-48-44(29-22-20-27(21-23-29)31-13-8-14-33-32-12-4-6-18-39(32)52-42(31)33)50-45(49-43)34-15-9-17-38-41(34)35-26-30(24-25-37(35)51-38)46-47-36-16-5-7-19-40(36)53-46/h1-26H. The molecule has 0 N–H and O–H groups in total. The predicted octanol–water partition coefficient (Wildman–Crippen LogP) is 13.1. The lowest BCUT2D eigenvalue weighted by molar-refractivity contribution is 0.669. The van der Waals surface area contributed by atoms with Crippen molar-refractivity contribution in [3.8, 4) is 55.9 Å². The molecule has 0 radical (unpaired) electrons. The van der Waals surface area contributed by atoms with Crippen LogP contribution in [0.5, 0.6) is 0 Å². The number of fused-ring (bicyclic) bond motifs is 7. The van der Waals surface area contributed by atoms with Gasteiger partial charge in [0.25, 0.3) is 0 Å². The van der Waals surface area contributed by atoms with E-state index in [0.29, 0.717) is 17.5 Å². The first-order valence-corrected chi connectivity index (χ1v) is 19.0. The van der Waals surface area contributed by atoms with Crippen molar-refractivity contribution in [2.75, 3.05) is 0 Å². The summed E-state index contributed by atoms with van der Waals surface area (Å²) in [6.07, 6.45) is 0. The van der Waals surface area contributed by atoms with Crippen LogP contribution >= 0.6 is 22.7 Å². The van der Waals surface area contributed by atoms with Crippen molar-refractivity contribution in [3.63, 3.8) is 0 Å². The van der Waals surface area contributed by atoms with Gasteiger partial charge in [0.15, 0.2) is 17.5 Å². The first kappa shape index (κ1) is 30.1. The topological polar surface area (TPSA) is 64.7 Å². The van der Waals surface area contributed by atoms with Gasteiger partial charge in [0.1, 0.15) is 16.2 Å². The molecule has 4 aromatic heterocycles. The monoisotopic (exact) mass is 714 g/mol. The van der Waals surface area contributed by atoms with Crippen LogP contribution in [0.15, 0.2) is 162 Å². The van der Waals surface area contributed by atoms with Crippen LogP contribution in [0, 0.1) is 0 Å². The number of hydrogen-bond acceptors (Lipinski definition) is 7. The Labute approximate surface area is 311 Å². The highest BCUT2D eigenvalue weighted by Crippen LogP contribution is 2.42. The third-order valence-electron chi connectivity index (χ3n) is 9.80. The number of para-hydroxylation sites is 1. The number of hydrogen-bond donors (Lipinski definition) is 0. The van der Waals surface area contributed by atoms with Gasteiger partial charge < -0.3 is 4.42 Å². The molecule has 0 aliphatic carbocycles. The molecule has 0 bridgehead atoms. The van der Waals surface area contributed by atoms with Crippen molar-refractivity contribution in [2.24, 2.45) is 0 Å². The molecule has 0 aliphatic rings. The van der Waals surface area contributed by atoms with E-state index in [9.17, 15) is 0 Å². The molecule has 7 aromatic carbocycles. The van der Waals surface area contributed by atoms with Crippen molar-refractivity contribution in [3.05, 3.63) is 158 Å². The fourth-order valence-corrected chi connectivity index (χ4v) is 9.46. The Hall–Kier alpha value is -6.54. The molecular formula is C46H26N4OS2. The number of benzene rings is 7. The minimum absolute atomic E-state index is 0.590. The molecule has 0 aliphatic heterocycles. The minimum atomic E-state index is 0.590. The molecule has 11 aromatic rings. The second-order valence-corrected chi connectivity index (χ2v) is 15.1. The van der Waals surface area contributed by atoms with E-state index in [1.807, 2.05) is 65.9 Å². The average molecular weight is 715 g/mol. The fourth-order valence-electron chi connectivity index (χ4n) is 7.26. The zero-order valence-electron chi connectivity index (χ0n) is 28.0. The Morgan fingerprint density at radius 1 is 0.396 bits per heavy atom. The van der Waals surface area contributed by atoms with Crippen LogP contribution in [-0.2, 0) is 0 Å². The summed E-state index contributed by atoms with van der Waals surface area (Å²) in [5, 5.41) is 5.52. The summed E-state index contributed by atoms with van der Waals surface area (Å²) in [4.78, 5) is 20.2. The second kappa shape index (κ2) is 12.0. The summed E-state index contributed by atoms with van der Waals surface area (Å²) in [5.41, 5.74) is 8.74. The smallest absolute Gasteiger partial charge is 0.164 e. The molecule has 11 rings (SSSR count). The van der Waals surface area contributed by atoms with Gasteiger partial charge >= 0.3 is 0 Å². The Kier molecular flexibility index (Phi) is 6.83. The minimum Gasteiger partial charge on any atom is -0.456 e. The van der Waals surface area contributed by atoms with E-state index >= 15 is 0 Å². The number of thiophene rings is 1. The lowest BCUT2D eigenvalue weighted by atomic mass is 10.0. The zero-order valence-corrected chi connectivity index (χ0v) is 29.7. The Bertz CT molecular complexity index is 3150. The highest BCUT2D eigenvalue weighted by atomic mass is 32.1. The van der Waals surface area contributed by atoms with E-state index in [1.165, 1.54) is 25.7 Å². The summed E-state index contributed by atoms with van der Waals surface area (Å²) in [6, 6.07) is 54.5. The van der Waals surface area contributed by atoms with Crippen molar-refractivity contribution >= 4 is 75.0 Å². The summed E-state index contributed by atoms with van der Waals surface area (Å²) >= 11 is 3.54. The SMILES string of the molecule is c1ccc(-c2nc(-c3ccc(-c4cccc5c4sc4ccccc45)cc3)nc(-c3cccc4oc5ccc(-c6nc7ccccc7s6)cc5c34)n2)cc1. The largest absolute Gasteiger partial charge is 0.456 e. The maximum Gasteiger partial charge on any atom is 0.164 e. The van der Waals surface area contributed by atoms with Crippen molar-refractivity contribution in [1.82, 2.24) is 19.9 Å². The van der Waals surface area contributed by atoms with Crippen LogP contribution in [0.3, 0.4) is 0 Å². The Morgan fingerprint density at radius 3 is 1.91 bits per heavy atom.